The van der Waals surface area contributed by atoms with Gasteiger partial charge in [-0.25, -0.2) is 0 Å². The van der Waals surface area contributed by atoms with Crippen LogP contribution < -0.4 is 0 Å². The van der Waals surface area contributed by atoms with Crippen molar-refractivity contribution in [3.8, 4) is 18.2 Å². The highest BCUT2D eigenvalue weighted by Gasteiger charge is 2.23. The quantitative estimate of drug-likeness (QED) is 0.640. The van der Waals surface area contributed by atoms with Crippen LogP contribution in [0.1, 0.15) is 17.5 Å². The summed E-state index contributed by atoms with van der Waals surface area (Å²) in [6.07, 6.45) is 1.65. The second-order valence-corrected chi connectivity index (χ2v) is 3.93. The van der Waals surface area contributed by atoms with Crippen molar-refractivity contribution in [1.29, 1.82) is 21.2 Å². The molecule has 0 aliphatic heterocycles. The van der Waals surface area contributed by atoms with Gasteiger partial charge in [0.15, 0.2) is 0 Å². The largest absolute Gasteiger partial charge is 0.304 e. The van der Waals surface area contributed by atoms with E-state index in [0.29, 0.717) is 11.1 Å². The highest BCUT2D eigenvalue weighted by molar-refractivity contribution is 6.28. The zero-order chi connectivity index (χ0) is 13.8. The third-order valence-corrected chi connectivity index (χ3v) is 2.87. The Morgan fingerprint density at radius 3 is 2.26 bits per heavy atom. The monoisotopic (exact) mass is 244 g/mol. The maximum absolute atomic E-state index is 8.97. The number of fused-ring (bicyclic) bond motifs is 1. The summed E-state index contributed by atoms with van der Waals surface area (Å²) in [5.41, 5.74) is 2.90. The van der Waals surface area contributed by atoms with E-state index in [1.54, 1.807) is 6.08 Å². The molecule has 88 valence electrons. The van der Waals surface area contributed by atoms with E-state index in [1.165, 1.54) is 0 Å². The number of nitrogens with zero attached hydrogens (tertiary/aromatic N) is 3. The number of benzene rings is 1. The van der Waals surface area contributed by atoms with Crippen LogP contribution in [0.25, 0.3) is 11.1 Å². The summed E-state index contributed by atoms with van der Waals surface area (Å²) in [4.78, 5) is 0. The highest BCUT2D eigenvalue weighted by atomic mass is 14.4. The van der Waals surface area contributed by atoms with Gasteiger partial charge in [0, 0.05) is 11.1 Å². The molecule has 0 unspecified atom stereocenters. The van der Waals surface area contributed by atoms with Crippen LogP contribution in [0.5, 0.6) is 0 Å². The fraction of sp³-hybridized carbons (Fsp3) is 0.0667. The lowest BCUT2D eigenvalue weighted by Gasteiger charge is -2.04. The van der Waals surface area contributed by atoms with E-state index in [-0.39, 0.29) is 17.7 Å². The lowest BCUT2D eigenvalue weighted by molar-refractivity contribution is 1.36. The molecule has 19 heavy (non-hydrogen) atoms. The summed E-state index contributed by atoms with van der Waals surface area (Å²) in [5, 5.41) is 34.5. The van der Waals surface area contributed by atoms with Crippen LogP contribution in [-0.2, 0) is 0 Å². The number of nitrogens with one attached hydrogen (secondary N) is 1. The Bertz CT molecular complexity index is 730. The standard InChI is InChI=1S/C15H8N4/c16-6-5-15(19)14-7-13(10(8-17)9-18)11-3-1-2-4-12(11)14/h1-4,7,19H,5H2. The Morgan fingerprint density at radius 2 is 1.68 bits per heavy atom. The second kappa shape index (κ2) is 5.00. The molecule has 0 heterocycles. The topological polar surface area (TPSA) is 95.2 Å². The number of allylic oxidation sites excluding steroid dienone is 4. The Hall–Kier alpha value is -3.16. The zero-order valence-electron chi connectivity index (χ0n) is 9.94. The van der Waals surface area contributed by atoms with Crippen molar-refractivity contribution in [2.24, 2.45) is 0 Å². The first-order valence-electron chi connectivity index (χ1n) is 5.53. The molecule has 1 aliphatic carbocycles. The average Bonchev–Trinajstić information content (AvgIpc) is 2.81. The van der Waals surface area contributed by atoms with Crippen molar-refractivity contribution in [2.45, 2.75) is 6.42 Å². The maximum Gasteiger partial charge on any atom is 0.137 e. The summed E-state index contributed by atoms with van der Waals surface area (Å²) < 4.78 is 0. The molecule has 0 spiro atoms. The minimum absolute atomic E-state index is 0.00187. The summed E-state index contributed by atoms with van der Waals surface area (Å²) >= 11 is 0. The Kier molecular flexibility index (Phi) is 3.24. The normalized spacial score (nSPS) is 11.6. The number of nitriles is 3. The van der Waals surface area contributed by atoms with Crippen molar-refractivity contribution < 1.29 is 0 Å². The average molecular weight is 244 g/mol. The molecule has 0 atom stereocenters. The molecule has 4 heteroatoms. The van der Waals surface area contributed by atoms with Gasteiger partial charge < -0.3 is 5.41 Å². The molecule has 1 aliphatic rings. The van der Waals surface area contributed by atoms with E-state index < -0.39 is 0 Å². The molecule has 1 aromatic carbocycles. The van der Waals surface area contributed by atoms with Crippen LogP contribution in [0.2, 0.25) is 0 Å². The summed E-state index contributed by atoms with van der Waals surface area (Å²) in [5.74, 6) is 0. The summed E-state index contributed by atoms with van der Waals surface area (Å²) in [7, 11) is 0. The molecular formula is C15H8N4. The summed E-state index contributed by atoms with van der Waals surface area (Å²) in [6, 6.07) is 12.9. The molecule has 4 nitrogen and oxygen atoms in total. The molecule has 1 aromatic rings. The van der Waals surface area contributed by atoms with Gasteiger partial charge in [-0.05, 0) is 17.2 Å². The van der Waals surface area contributed by atoms with Gasteiger partial charge >= 0.3 is 0 Å². The summed E-state index contributed by atoms with van der Waals surface area (Å²) in [6.45, 7) is 0. The van der Waals surface area contributed by atoms with Crippen molar-refractivity contribution in [2.75, 3.05) is 0 Å². The minimum Gasteiger partial charge on any atom is -0.304 e. The second-order valence-electron chi connectivity index (χ2n) is 3.93. The fourth-order valence-corrected chi connectivity index (χ4v) is 2.03. The predicted octanol–water partition coefficient (Wildman–Crippen LogP) is 2.82. The van der Waals surface area contributed by atoms with Gasteiger partial charge in [-0.2, -0.15) is 15.8 Å². The van der Waals surface area contributed by atoms with E-state index in [2.05, 4.69) is 0 Å². The van der Waals surface area contributed by atoms with Crippen LogP contribution in [0, 0.1) is 39.4 Å². The first-order valence-corrected chi connectivity index (χ1v) is 5.53. The number of rotatable bonds is 2. The van der Waals surface area contributed by atoms with Crippen LogP contribution in [0.4, 0.5) is 0 Å². The van der Waals surface area contributed by atoms with Gasteiger partial charge in [0.05, 0.1) is 18.2 Å². The lowest BCUT2D eigenvalue weighted by Crippen LogP contribution is -1.97. The van der Waals surface area contributed by atoms with Crippen LogP contribution in [0.3, 0.4) is 0 Å². The van der Waals surface area contributed by atoms with Gasteiger partial charge in [-0.1, -0.05) is 24.3 Å². The predicted molar refractivity (Wildman–Crippen MR) is 70.5 cm³/mol. The number of hydrogen-bond acceptors (Lipinski definition) is 4. The van der Waals surface area contributed by atoms with E-state index in [1.807, 2.05) is 42.5 Å². The lowest BCUT2D eigenvalue weighted by atomic mass is 9.99. The van der Waals surface area contributed by atoms with Gasteiger partial charge in [-0.15, -0.1) is 0 Å². The Balaban J connectivity index is 2.68. The molecule has 1 N–H and O–H groups in total. The van der Waals surface area contributed by atoms with Crippen LogP contribution >= 0.6 is 0 Å². The third kappa shape index (κ3) is 2.02. The van der Waals surface area contributed by atoms with Gasteiger partial charge in [-0.3, -0.25) is 0 Å². The van der Waals surface area contributed by atoms with Gasteiger partial charge in [0.1, 0.15) is 17.7 Å². The smallest absolute Gasteiger partial charge is 0.137 e. The first-order chi connectivity index (χ1) is 9.22. The molecule has 0 aromatic heterocycles. The zero-order valence-corrected chi connectivity index (χ0v) is 9.94. The molecule has 2 rings (SSSR count). The fourth-order valence-electron chi connectivity index (χ4n) is 2.03. The van der Waals surface area contributed by atoms with Gasteiger partial charge in [0.2, 0.25) is 0 Å². The highest BCUT2D eigenvalue weighted by Crippen LogP contribution is 2.37. The Labute approximate surface area is 110 Å². The molecule has 0 fully saturated rings. The molecule has 0 saturated carbocycles. The van der Waals surface area contributed by atoms with E-state index >= 15 is 0 Å². The van der Waals surface area contributed by atoms with Crippen LogP contribution in [-0.4, -0.2) is 5.71 Å². The SMILES string of the molecule is N#CCC(=N)C1=CC(=C(C#N)C#N)c2ccccc21. The first kappa shape index (κ1) is 12.3. The molecule has 0 amide bonds. The van der Waals surface area contributed by atoms with Crippen molar-refractivity contribution in [3.05, 3.63) is 47.0 Å². The number of hydrogen-bond donors (Lipinski definition) is 1. The van der Waals surface area contributed by atoms with Crippen molar-refractivity contribution in [1.82, 2.24) is 0 Å². The molecular weight excluding hydrogens is 236 g/mol. The molecule has 0 saturated heterocycles. The van der Waals surface area contributed by atoms with Crippen LogP contribution in [0.15, 0.2) is 35.9 Å². The van der Waals surface area contributed by atoms with Gasteiger partial charge in [0.25, 0.3) is 0 Å². The van der Waals surface area contributed by atoms with E-state index in [9.17, 15) is 0 Å². The van der Waals surface area contributed by atoms with Crippen molar-refractivity contribution >= 4 is 16.9 Å². The minimum atomic E-state index is 0.00187. The Morgan fingerprint density at radius 1 is 1.05 bits per heavy atom. The molecule has 0 radical (unpaired) electrons. The van der Waals surface area contributed by atoms with Crippen molar-refractivity contribution in [3.63, 3.8) is 0 Å². The van der Waals surface area contributed by atoms with E-state index in [4.69, 9.17) is 21.2 Å². The third-order valence-electron chi connectivity index (χ3n) is 2.87. The maximum atomic E-state index is 8.97. The van der Waals surface area contributed by atoms with E-state index in [0.717, 1.165) is 11.1 Å². The molecule has 0 bridgehead atoms.